The highest BCUT2D eigenvalue weighted by molar-refractivity contribution is 7.16. The Morgan fingerprint density at radius 2 is 2.29 bits per heavy atom. The van der Waals surface area contributed by atoms with Gasteiger partial charge in [0.25, 0.3) is 0 Å². The van der Waals surface area contributed by atoms with Crippen LogP contribution in [-0.4, -0.2) is 11.5 Å². The molecule has 0 aliphatic rings. The Labute approximate surface area is 87.8 Å². The number of rotatable bonds is 3. The summed E-state index contributed by atoms with van der Waals surface area (Å²) in [6.07, 6.45) is 2.12. The number of hydrogen-bond donors (Lipinski definition) is 1. The molecule has 2 rings (SSSR count). The molecule has 0 radical (unpaired) electrons. The fraction of sp³-hybridized carbons (Fsp3) is 0.364. The second-order valence-electron chi connectivity index (χ2n) is 3.49. The molecule has 0 unspecified atom stereocenters. The van der Waals surface area contributed by atoms with Crippen LogP contribution in [0.1, 0.15) is 17.5 Å². The molecule has 1 heterocycles. The molecule has 0 saturated carbocycles. The predicted octanol–water partition coefficient (Wildman–Crippen LogP) is 2.50. The lowest BCUT2D eigenvalue weighted by Crippen LogP contribution is -2.01. The maximum Gasteiger partial charge on any atom is 0.0814 e. The molecule has 0 aliphatic carbocycles. The zero-order valence-electron chi connectivity index (χ0n) is 8.29. The molecule has 0 amide bonds. The highest BCUT2D eigenvalue weighted by atomic mass is 32.1. The van der Waals surface area contributed by atoms with Crippen molar-refractivity contribution in [2.45, 2.75) is 19.8 Å². The summed E-state index contributed by atoms with van der Waals surface area (Å²) < 4.78 is 1.28. The quantitative estimate of drug-likeness (QED) is 0.838. The Hall–Kier alpha value is -0.930. The molecule has 0 spiro atoms. The van der Waals surface area contributed by atoms with Crippen LogP contribution in [-0.2, 0) is 6.42 Å². The first kappa shape index (κ1) is 9.62. The third-order valence-corrected chi connectivity index (χ3v) is 3.23. The zero-order valence-corrected chi connectivity index (χ0v) is 9.10. The van der Waals surface area contributed by atoms with Gasteiger partial charge in [0.1, 0.15) is 0 Å². The monoisotopic (exact) mass is 206 g/mol. The summed E-state index contributed by atoms with van der Waals surface area (Å²) in [5.41, 5.74) is 11.3. The van der Waals surface area contributed by atoms with Crippen LogP contribution in [0.25, 0.3) is 10.2 Å². The van der Waals surface area contributed by atoms with Gasteiger partial charge in [-0.1, -0.05) is 0 Å². The van der Waals surface area contributed by atoms with Crippen molar-refractivity contribution >= 4 is 21.6 Å². The molecule has 2 nitrogen and oxygen atoms in total. The summed E-state index contributed by atoms with van der Waals surface area (Å²) in [5.74, 6) is 0. The highest BCUT2D eigenvalue weighted by Crippen LogP contribution is 2.22. The van der Waals surface area contributed by atoms with E-state index in [-0.39, 0.29) is 0 Å². The third kappa shape index (κ3) is 1.79. The van der Waals surface area contributed by atoms with E-state index in [4.69, 9.17) is 5.73 Å². The molecule has 0 bridgehead atoms. The molecule has 3 heteroatoms. The average Bonchev–Trinajstić information content (AvgIpc) is 2.61. The van der Waals surface area contributed by atoms with E-state index in [0.717, 1.165) is 24.9 Å². The Kier molecular flexibility index (Phi) is 2.79. The van der Waals surface area contributed by atoms with Gasteiger partial charge in [0, 0.05) is 0 Å². The number of aryl methyl sites for hydroxylation is 2. The minimum atomic E-state index is 0.758. The maximum absolute atomic E-state index is 5.51. The molecule has 14 heavy (non-hydrogen) atoms. The van der Waals surface area contributed by atoms with Crippen molar-refractivity contribution in [3.05, 3.63) is 28.8 Å². The fourth-order valence-corrected chi connectivity index (χ4v) is 2.37. The number of nitrogens with zero attached hydrogens (tertiary/aromatic N) is 1. The van der Waals surface area contributed by atoms with Crippen LogP contribution in [0.5, 0.6) is 0 Å². The Bertz CT molecular complexity index is 434. The topological polar surface area (TPSA) is 38.9 Å². The molecular formula is C11H14N2S. The summed E-state index contributed by atoms with van der Waals surface area (Å²) in [4.78, 5) is 4.32. The predicted molar refractivity (Wildman–Crippen MR) is 61.7 cm³/mol. The number of aromatic nitrogens is 1. The first-order valence-electron chi connectivity index (χ1n) is 4.84. The van der Waals surface area contributed by atoms with Crippen molar-refractivity contribution < 1.29 is 0 Å². The minimum Gasteiger partial charge on any atom is -0.330 e. The molecular weight excluding hydrogens is 192 g/mol. The number of thiazole rings is 1. The van der Waals surface area contributed by atoms with Gasteiger partial charge in [-0.3, -0.25) is 0 Å². The van der Waals surface area contributed by atoms with E-state index in [9.17, 15) is 0 Å². The van der Waals surface area contributed by atoms with E-state index in [1.54, 1.807) is 11.3 Å². The van der Waals surface area contributed by atoms with Crippen molar-refractivity contribution in [1.29, 1.82) is 0 Å². The summed E-state index contributed by atoms with van der Waals surface area (Å²) in [5, 5.41) is 0. The Balaban J connectivity index is 2.38. The van der Waals surface area contributed by atoms with Gasteiger partial charge in [-0.05, 0) is 49.6 Å². The number of nitrogens with two attached hydrogens (primary N) is 1. The number of fused-ring (bicyclic) bond motifs is 1. The highest BCUT2D eigenvalue weighted by Gasteiger charge is 2.02. The van der Waals surface area contributed by atoms with Crippen molar-refractivity contribution in [3.8, 4) is 0 Å². The lowest BCUT2D eigenvalue weighted by atomic mass is 10.0. The van der Waals surface area contributed by atoms with Gasteiger partial charge in [0.2, 0.25) is 0 Å². The SMILES string of the molecule is Cc1cc2scnc2cc1CCCN. The second kappa shape index (κ2) is 4.07. The molecule has 2 aromatic rings. The minimum absolute atomic E-state index is 0.758. The van der Waals surface area contributed by atoms with E-state index in [0.29, 0.717) is 0 Å². The van der Waals surface area contributed by atoms with E-state index in [1.807, 2.05) is 5.51 Å². The smallest absolute Gasteiger partial charge is 0.0814 e. The van der Waals surface area contributed by atoms with Gasteiger partial charge in [0.15, 0.2) is 0 Å². The Morgan fingerprint density at radius 3 is 3.07 bits per heavy atom. The van der Waals surface area contributed by atoms with Crippen molar-refractivity contribution in [2.24, 2.45) is 5.73 Å². The Morgan fingerprint density at radius 1 is 1.43 bits per heavy atom. The first-order chi connectivity index (χ1) is 6.81. The first-order valence-corrected chi connectivity index (χ1v) is 5.72. The fourth-order valence-electron chi connectivity index (χ4n) is 1.61. The molecule has 2 N–H and O–H groups in total. The standard InChI is InChI=1S/C11H14N2S/c1-8-5-11-10(13-7-14-11)6-9(8)3-2-4-12/h5-7H,2-4,12H2,1H3. The summed E-state index contributed by atoms with van der Waals surface area (Å²) >= 11 is 1.70. The molecule has 0 fully saturated rings. The van der Waals surface area contributed by atoms with Gasteiger partial charge in [-0.15, -0.1) is 11.3 Å². The van der Waals surface area contributed by atoms with E-state index < -0.39 is 0 Å². The molecule has 74 valence electrons. The molecule has 0 aliphatic heterocycles. The van der Waals surface area contributed by atoms with Crippen LogP contribution < -0.4 is 5.73 Å². The zero-order chi connectivity index (χ0) is 9.97. The van der Waals surface area contributed by atoms with Crippen LogP contribution in [0.15, 0.2) is 17.6 Å². The third-order valence-electron chi connectivity index (χ3n) is 2.44. The lowest BCUT2D eigenvalue weighted by molar-refractivity contribution is 0.829. The van der Waals surface area contributed by atoms with E-state index in [1.165, 1.54) is 15.8 Å². The average molecular weight is 206 g/mol. The van der Waals surface area contributed by atoms with Crippen LogP contribution in [0.4, 0.5) is 0 Å². The number of benzene rings is 1. The lowest BCUT2D eigenvalue weighted by Gasteiger charge is -2.04. The van der Waals surface area contributed by atoms with Crippen LogP contribution in [0, 0.1) is 6.92 Å². The number of hydrogen-bond acceptors (Lipinski definition) is 3. The summed E-state index contributed by atoms with van der Waals surface area (Å²) in [7, 11) is 0. The van der Waals surface area contributed by atoms with E-state index in [2.05, 4.69) is 24.0 Å². The van der Waals surface area contributed by atoms with Gasteiger partial charge in [-0.2, -0.15) is 0 Å². The van der Waals surface area contributed by atoms with Crippen LogP contribution in [0.3, 0.4) is 0 Å². The maximum atomic E-state index is 5.51. The van der Waals surface area contributed by atoms with Crippen LogP contribution >= 0.6 is 11.3 Å². The molecule has 1 aromatic carbocycles. The normalized spacial score (nSPS) is 11.0. The summed E-state index contributed by atoms with van der Waals surface area (Å²) in [6.45, 7) is 2.92. The van der Waals surface area contributed by atoms with Gasteiger partial charge < -0.3 is 5.73 Å². The molecule has 1 aromatic heterocycles. The largest absolute Gasteiger partial charge is 0.330 e. The second-order valence-corrected chi connectivity index (χ2v) is 4.38. The van der Waals surface area contributed by atoms with Gasteiger partial charge in [-0.25, -0.2) is 4.98 Å². The molecule has 0 saturated heterocycles. The van der Waals surface area contributed by atoms with E-state index >= 15 is 0 Å². The summed E-state index contributed by atoms with van der Waals surface area (Å²) in [6, 6.07) is 4.41. The van der Waals surface area contributed by atoms with Crippen molar-refractivity contribution in [1.82, 2.24) is 4.98 Å². The molecule has 0 atom stereocenters. The van der Waals surface area contributed by atoms with Crippen molar-refractivity contribution in [2.75, 3.05) is 6.54 Å². The van der Waals surface area contributed by atoms with Crippen LogP contribution in [0.2, 0.25) is 0 Å². The van der Waals surface area contributed by atoms with Gasteiger partial charge in [0.05, 0.1) is 15.7 Å². The van der Waals surface area contributed by atoms with Gasteiger partial charge >= 0.3 is 0 Å². The van der Waals surface area contributed by atoms with Crippen molar-refractivity contribution in [3.63, 3.8) is 0 Å².